The summed E-state index contributed by atoms with van der Waals surface area (Å²) in [5.74, 6) is 0. The van der Waals surface area contributed by atoms with E-state index in [1.54, 1.807) is 0 Å². The molecule has 0 aromatic heterocycles. The molecule has 0 amide bonds. The molecule has 0 bridgehead atoms. The summed E-state index contributed by atoms with van der Waals surface area (Å²) in [7, 11) is 2.22. The number of hydrogen-bond donors (Lipinski definition) is 1. The molecule has 3 nitrogen and oxygen atoms in total. The Hall–Kier alpha value is -0.120. The van der Waals surface area contributed by atoms with Crippen molar-refractivity contribution in [3.63, 3.8) is 0 Å². The largest absolute Gasteiger partial charge is 0.377 e. The topological polar surface area (TPSA) is 24.5 Å². The van der Waals surface area contributed by atoms with E-state index in [1.807, 2.05) is 0 Å². The Morgan fingerprint density at radius 2 is 2.12 bits per heavy atom. The fourth-order valence-electron chi connectivity index (χ4n) is 2.66. The first-order valence-electron chi connectivity index (χ1n) is 7.24. The first kappa shape index (κ1) is 14.9. The smallest absolute Gasteiger partial charge is 0.0702 e. The highest BCUT2D eigenvalue weighted by atomic mass is 16.5. The molecule has 1 heterocycles. The minimum Gasteiger partial charge on any atom is -0.377 e. The average molecular weight is 242 g/mol. The Morgan fingerprint density at radius 3 is 2.65 bits per heavy atom. The van der Waals surface area contributed by atoms with Gasteiger partial charge in [-0.05, 0) is 46.2 Å². The van der Waals surface area contributed by atoms with Crippen molar-refractivity contribution >= 4 is 0 Å². The molecule has 0 spiro atoms. The first-order valence-corrected chi connectivity index (χ1v) is 7.24. The van der Waals surface area contributed by atoms with Gasteiger partial charge in [0, 0.05) is 25.2 Å². The summed E-state index contributed by atoms with van der Waals surface area (Å²) >= 11 is 0. The van der Waals surface area contributed by atoms with Gasteiger partial charge in [-0.25, -0.2) is 0 Å². The summed E-state index contributed by atoms with van der Waals surface area (Å²) in [5, 5.41) is 3.57. The maximum Gasteiger partial charge on any atom is 0.0702 e. The van der Waals surface area contributed by atoms with Gasteiger partial charge in [0.1, 0.15) is 0 Å². The summed E-state index contributed by atoms with van der Waals surface area (Å²) in [5.41, 5.74) is 0. The highest BCUT2D eigenvalue weighted by Crippen LogP contribution is 2.15. The zero-order valence-corrected chi connectivity index (χ0v) is 12.0. The van der Waals surface area contributed by atoms with Gasteiger partial charge in [0.2, 0.25) is 0 Å². The Labute approximate surface area is 107 Å². The Bertz CT molecular complexity index is 193. The Morgan fingerprint density at radius 1 is 1.35 bits per heavy atom. The number of likely N-dealkylation sites (N-methyl/N-ethyl adjacent to an activating group) is 2. The van der Waals surface area contributed by atoms with Crippen LogP contribution in [0.25, 0.3) is 0 Å². The van der Waals surface area contributed by atoms with Crippen LogP contribution in [0.1, 0.15) is 46.5 Å². The molecule has 0 saturated carbocycles. The van der Waals surface area contributed by atoms with Gasteiger partial charge < -0.3 is 10.1 Å². The van der Waals surface area contributed by atoms with Crippen LogP contribution < -0.4 is 5.32 Å². The van der Waals surface area contributed by atoms with Crippen molar-refractivity contribution in [2.75, 3.05) is 26.7 Å². The van der Waals surface area contributed by atoms with E-state index in [1.165, 1.54) is 25.7 Å². The zero-order chi connectivity index (χ0) is 12.7. The van der Waals surface area contributed by atoms with E-state index < -0.39 is 0 Å². The summed E-state index contributed by atoms with van der Waals surface area (Å²) in [6, 6.07) is 1.17. The van der Waals surface area contributed by atoms with Crippen molar-refractivity contribution in [1.29, 1.82) is 0 Å². The summed E-state index contributed by atoms with van der Waals surface area (Å²) in [6.45, 7) is 9.84. The van der Waals surface area contributed by atoms with Gasteiger partial charge in [0.15, 0.2) is 0 Å². The molecule has 0 radical (unpaired) electrons. The van der Waals surface area contributed by atoms with E-state index in [4.69, 9.17) is 4.74 Å². The maximum atomic E-state index is 5.81. The van der Waals surface area contributed by atoms with Crippen LogP contribution in [-0.2, 0) is 4.74 Å². The molecule has 1 N–H and O–H groups in total. The average Bonchev–Trinajstić information content (AvgIpc) is 2.36. The lowest BCUT2D eigenvalue weighted by Crippen LogP contribution is -2.49. The fourth-order valence-corrected chi connectivity index (χ4v) is 2.66. The second kappa shape index (κ2) is 8.06. The summed E-state index contributed by atoms with van der Waals surface area (Å²) < 4.78 is 5.81. The van der Waals surface area contributed by atoms with Gasteiger partial charge in [-0.3, -0.25) is 4.90 Å². The van der Waals surface area contributed by atoms with Crippen molar-refractivity contribution in [1.82, 2.24) is 10.2 Å². The van der Waals surface area contributed by atoms with E-state index in [2.05, 4.69) is 38.0 Å². The Kier molecular flexibility index (Phi) is 7.09. The molecule has 1 aliphatic heterocycles. The minimum absolute atomic E-state index is 0.454. The summed E-state index contributed by atoms with van der Waals surface area (Å²) in [6.07, 6.45) is 5.44. The minimum atomic E-state index is 0.454. The van der Waals surface area contributed by atoms with Gasteiger partial charge in [-0.2, -0.15) is 0 Å². The molecule has 1 rings (SSSR count). The van der Waals surface area contributed by atoms with Gasteiger partial charge >= 0.3 is 0 Å². The van der Waals surface area contributed by atoms with Crippen molar-refractivity contribution < 1.29 is 4.74 Å². The Balaban J connectivity index is 2.35. The van der Waals surface area contributed by atoms with E-state index in [0.717, 1.165) is 19.7 Å². The highest BCUT2D eigenvalue weighted by molar-refractivity contribution is 4.80. The van der Waals surface area contributed by atoms with E-state index in [9.17, 15) is 0 Å². The summed E-state index contributed by atoms with van der Waals surface area (Å²) in [4.78, 5) is 2.45. The van der Waals surface area contributed by atoms with Gasteiger partial charge in [-0.1, -0.05) is 13.8 Å². The zero-order valence-electron chi connectivity index (χ0n) is 12.0. The molecule has 1 aliphatic rings. The third-order valence-electron chi connectivity index (χ3n) is 3.95. The molecule has 1 fully saturated rings. The fraction of sp³-hybridized carbons (Fsp3) is 1.00. The maximum absolute atomic E-state index is 5.81. The number of ether oxygens (including phenoxy) is 1. The molecule has 1 saturated heterocycles. The molecule has 3 atom stereocenters. The van der Waals surface area contributed by atoms with Gasteiger partial charge in [0.05, 0.1) is 6.10 Å². The van der Waals surface area contributed by atoms with Crippen molar-refractivity contribution in [3.05, 3.63) is 0 Å². The van der Waals surface area contributed by atoms with Crippen LogP contribution in [0.5, 0.6) is 0 Å². The third kappa shape index (κ3) is 4.94. The number of nitrogens with one attached hydrogen (secondary N) is 1. The van der Waals surface area contributed by atoms with Crippen LogP contribution in [0.15, 0.2) is 0 Å². The lowest BCUT2D eigenvalue weighted by atomic mass is 10.0. The molecule has 3 heteroatoms. The van der Waals surface area contributed by atoms with Crippen molar-refractivity contribution in [3.8, 4) is 0 Å². The predicted octanol–water partition coefficient (Wildman–Crippen LogP) is 2.26. The van der Waals surface area contributed by atoms with E-state index >= 15 is 0 Å². The standard InChI is InChI=1S/C14H30N2O/c1-5-14(15-6-2)12(3)16(4)11-13-9-7-8-10-17-13/h12-15H,5-11H2,1-4H3. The van der Waals surface area contributed by atoms with E-state index in [-0.39, 0.29) is 0 Å². The van der Waals surface area contributed by atoms with Crippen LogP contribution in [0.3, 0.4) is 0 Å². The van der Waals surface area contributed by atoms with Crippen LogP contribution >= 0.6 is 0 Å². The van der Waals surface area contributed by atoms with Crippen LogP contribution in [0.2, 0.25) is 0 Å². The number of hydrogen-bond acceptors (Lipinski definition) is 3. The van der Waals surface area contributed by atoms with E-state index in [0.29, 0.717) is 18.2 Å². The van der Waals surface area contributed by atoms with Gasteiger partial charge in [-0.15, -0.1) is 0 Å². The quantitative estimate of drug-likeness (QED) is 0.741. The van der Waals surface area contributed by atoms with Gasteiger partial charge in [0.25, 0.3) is 0 Å². The second-order valence-corrected chi connectivity index (χ2v) is 5.24. The number of nitrogens with zero attached hydrogens (tertiary/aromatic N) is 1. The molecule has 102 valence electrons. The number of rotatable bonds is 7. The molecule has 0 aromatic rings. The highest BCUT2D eigenvalue weighted by Gasteiger charge is 2.22. The molecular formula is C14H30N2O. The first-order chi connectivity index (χ1) is 8.19. The third-order valence-corrected chi connectivity index (χ3v) is 3.95. The van der Waals surface area contributed by atoms with Crippen LogP contribution in [0, 0.1) is 0 Å². The second-order valence-electron chi connectivity index (χ2n) is 5.24. The lowest BCUT2D eigenvalue weighted by Gasteiger charge is -2.35. The van der Waals surface area contributed by atoms with Crippen molar-refractivity contribution in [2.24, 2.45) is 0 Å². The normalized spacial score (nSPS) is 24.9. The predicted molar refractivity (Wildman–Crippen MR) is 73.4 cm³/mol. The monoisotopic (exact) mass is 242 g/mol. The molecule has 17 heavy (non-hydrogen) atoms. The molecule has 3 unspecified atom stereocenters. The van der Waals surface area contributed by atoms with Crippen molar-refractivity contribution in [2.45, 2.75) is 64.6 Å². The van der Waals surface area contributed by atoms with Crippen LogP contribution in [-0.4, -0.2) is 49.8 Å². The van der Waals surface area contributed by atoms with Crippen LogP contribution in [0.4, 0.5) is 0 Å². The SMILES string of the molecule is CCNC(CC)C(C)N(C)CC1CCCCO1. The molecular weight excluding hydrogens is 212 g/mol. The lowest BCUT2D eigenvalue weighted by molar-refractivity contribution is -0.00960. The molecule has 0 aromatic carbocycles. The molecule has 0 aliphatic carbocycles.